The van der Waals surface area contributed by atoms with E-state index in [1.165, 1.54) is 12.1 Å². The number of nitrogens with two attached hydrogens (primary N) is 6. The summed E-state index contributed by atoms with van der Waals surface area (Å²) in [6.07, 6.45) is 0. The van der Waals surface area contributed by atoms with E-state index in [0.717, 1.165) is 0 Å². The van der Waals surface area contributed by atoms with Gasteiger partial charge < -0.3 is 27.9 Å². The third-order valence-electron chi connectivity index (χ3n) is 4.67. The molecule has 1 aromatic heterocycles. The average Bonchev–Trinajstić information content (AvgIpc) is 3.15. The van der Waals surface area contributed by atoms with E-state index >= 15 is 0 Å². The molecule has 3 rings (SSSR count). The fraction of sp³-hybridized carbons (Fsp3) is 0.118. The third kappa shape index (κ3) is 4.98. The molecular formula is C17H23N11O4S2. The first kappa shape index (κ1) is 25.0. The Hall–Kier alpha value is -3.61. The zero-order chi connectivity index (χ0) is 25.2. The minimum absolute atomic E-state index is 0.133. The number of hydrazone groups is 1. The molecule has 0 spiro atoms. The van der Waals surface area contributed by atoms with Gasteiger partial charge in [-0.2, -0.15) is 0 Å². The number of hydrogen-bond donors (Lipinski definition) is 9. The first-order valence-electron chi connectivity index (χ1n) is 9.39. The van der Waals surface area contributed by atoms with Crippen LogP contribution in [0.5, 0.6) is 0 Å². The van der Waals surface area contributed by atoms with Crippen LogP contribution >= 0.6 is 0 Å². The molecule has 2 unspecified atom stereocenters. The van der Waals surface area contributed by atoms with E-state index in [2.05, 4.69) is 19.8 Å². The van der Waals surface area contributed by atoms with Gasteiger partial charge in [-0.3, -0.25) is 4.79 Å². The summed E-state index contributed by atoms with van der Waals surface area (Å²) in [4.78, 5) is 17.4. The van der Waals surface area contributed by atoms with Crippen molar-refractivity contribution in [2.24, 2.45) is 33.3 Å². The van der Waals surface area contributed by atoms with Crippen LogP contribution in [-0.2, 0) is 25.8 Å². The Labute approximate surface area is 195 Å². The Morgan fingerprint density at radius 3 is 2.53 bits per heavy atom. The molecule has 1 heterocycles. The monoisotopic (exact) mass is 509 g/mol. The number of fused-ring (bicyclic) bond motifs is 1. The number of nitrogen functional groups attached to an aromatic ring is 1. The van der Waals surface area contributed by atoms with E-state index in [0.29, 0.717) is 16.6 Å². The van der Waals surface area contributed by atoms with E-state index in [1.807, 2.05) is 5.53 Å². The molecule has 0 bridgehead atoms. The van der Waals surface area contributed by atoms with Gasteiger partial charge in [0, 0.05) is 17.7 Å². The molecule has 1 amide bonds. The molecule has 34 heavy (non-hydrogen) atoms. The van der Waals surface area contributed by atoms with Crippen LogP contribution < -0.4 is 44.2 Å². The number of carbonyl (C=O) groups is 1. The lowest BCUT2D eigenvalue weighted by Gasteiger charge is -2.18. The van der Waals surface area contributed by atoms with Crippen LogP contribution in [0.1, 0.15) is 5.56 Å². The van der Waals surface area contributed by atoms with Crippen LogP contribution in [0.4, 0.5) is 5.95 Å². The predicted octanol–water partition coefficient (Wildman–Crippen LogP) is -3.03. The summed E-state index contributed by atoms with van der Waals surface area (Å²) < 4.78 is 40.8. The van der Waals surface area contributed by atoms with Crippen LogP contribution in [0.3, 0.4) is 0 Å². The van der Waals surface area contributed by atoms with Crippen LogP contribution in [0.25, 0.3) is 22.2 Å². The third-order valence-corrected chi connectivity index (χ3v) is 6.96. The molecule has 15 N–H and O–H groups in total. The molecule has 182 valence electrons. The second-order valence-electron chi connectivity index (χ2n) is 6.94. The quantitative estimate of drug-likeness (QED) is 0.0608. The Bertz CT molecular complexity index is 1420. The van der Waals surface area contributed by atoms with Gasteiger partial charge in [-0.05, 0) is 17.7 Å². The number of sulfonamides is 1. The van der Waals surface area contributed by atoms with Gasteiger partial charge in [0.1, 0.15) is 15.9 Å². The van der Waals surface area contributed by atoms with Gasteiger partial charge in [0.25, 0.3) is 0 Å². The number of rotatable bonds is 9. The first-order valence-corrected chi connectivity index (χ1v) is 12.1. The van der Waals surface area contributed by atoms with Crippen molar-refractivity contribution in [2.45, 2.75) is 15.8 Å². The van der Waals surface area contributed by atoms with Crippen LogP contribution in [0, 0.1) is 0 Å². The van der Waals surface area contributed by atoms with Crippen molar-refractivity contribution in [1.82, 2.24) is 20.2 Å². The number of nitrogens with zero attached hydrogens (tertiary/aromatic N) is 2. The summed E-state index contributed by atoms with van der Waals surface area (Å²) in [7, 11) is -6.74. The van der Waals surface area contributed by atoms with Gasteiger partial charge >= 0.3 is 0 Å². The van der Waals surface area contributed by atoms with Gasteiger partial charge in [-0.1, -0.05) is 18.2 Å². The SMILES string of the molecule is NN/N=C(\N)c1c(-c2cccc3[nH]c(N)nc23)ccc(S(=O)NCC(N)C(N)=O)c1S(N)(=O)=O. The number of nitrogens with one attached hydrogen (secondary N) is 3. The van der Waals surface area contributed by atoms with Crippen molar-refractivity contribution in [3.05, 3.63) is 35.9 Å². The molecule has 3 aromatic rings. The summed E-state index contributed by atoms with van der Waals surface area (Å²) >= 11 is 0. The molecule has 2 atom stereocenters. The summed E-state index contributed by atoms with van der Waals surface area (Å²) in [5.74, 6) is 4.18. The number of carbonyl (C=O) groups excluding carboxylic acids is 1. The van der Waals surface area contributed by atoms with Crippen molar-refractivity contribution in [2.75, 3.05) is 12.3 Å². The number of para-hydroxylation sites is 1. The van der Waals surface area contributed by atoms with E-state index in [-0.39, 0.29) is 34.4 Å². The number of H-pyrrole nitrogens is 1. The molecule has 0 saturated carbocycles. The minimum atomic E-state index is -4.54. The highest BCUT2D eigenvalue weighted by atomic mass is 32.2. The number of aromatic amines is 1. The maximum atomic E-state index is 13.0. The number of amidine groups is 1. The topological polar surface area (TPSA) is 290 Å². The lowest BCUT2D eigenvalue weighted by atomic mass is 9.97. The molecule has 0 aliphatic heterocycles. The molecule has 0 fully saturated rings. The number of primary amides is 1. The number of benzene rings is 2. The summed E-state index contributed by atoms with van der Waals surface area (Å²) in [6.45, 7) is -0.303. The van der Waals surface area contributed by atoms with E-state index in [1.54, 1.807) is 18.2 Å². The molecule has 0 saturated heterocycles. The van der Waals surface area contributed by atoms with Gasteiger partial charge in [-0.25, -0.2) is 38.8 Å². The van der Waals surface area contributed by atoms with Crippen molar-refractivity contribution >= 4 is 49.7 Å². The second kappa shape index (κ2) is 9.71. The molecule has 0 aliphatic rings. The van der Waals surface area contributed by atoms with Gasteiger partial charge in [0.2, 0.25) is 15.9 Å². The van der Waals surface area contributed by atoms with Gasteiger partial charge in [-0.15, -0.1) is 5.10 Å². The van der Waals surface area contributed by atoms with E-state index < -0.39 is 37.9 Å². The zero-order valence-electron chi connectivity index (χ0n) is 17.5. The van der Waals surface area contributed by atoms with E-state index in [4.69, 9.17) is 33.9 Å². The van der Waals surface area contributed by atoms with Gasteiger partial charge in [0.15, 0.2) is 11.8 Å². The van der Waals surface area contributed by atoms with Crippen molar-refractivity contribution in [3.63, 3.8) is 0 Å². The Balaban J connectivity index is 2.32. The smallest absolute Gasteiger partial charge is 0.240 e. The Morgan fingerprint density at radius 1 is 1.21 bits per heavy atom. The highest BCUT2D eigenvalue weighted by Gasteiger charge is 2.29. The zero-order valence-corrected chi connectivity index (χ0v) is 19.1. The number of imidazole rings is 1. The number of anilines is 1. The molecular weight excluding hydrogens is 486 g/mol. The standard InChI is InChI=1S/C17H23N11O4S2/c18-9(16(20)29)6-24-33(30)11-5-4-7(8-2-1-3-10-13(8)26-17(21)25-10)12(15(19)27-28-22)14(11)34(23,31)32/h1-5,9,24,28H,6,18,22H2,(H2,19,27)(H2,20,29)(H3,21,25,26)(H2,23,31,32). The van der Waals surface area contributed by atoms with E-state index in [9.17, 15) is 17.4 Å². The average molecular weight is 510 g/mol. The summed E-state index contributed by atoms with van der Waals surface area (Å²) in [6, 6.07) is 6.62. The largest absolute Gasteiger partial charge is 0.382 e. The number of aromatic nitrogens is 2. The second-order valence-corrected chi connectivity index (χ2v) is 9.70. The number of primary sulfonamides is 1. The van der Waals surface area contributed by atoms with Crippen molar-refractivity contribution in [1.29, 1.82) is 0 Å². The number of amides is 1. The van der Waals surface area contributed by atoms with Crippen LogP contribution in [-0.4, -0.2) is 46.9 Å². The normalized spacial score (nSPS) is 14.1. The van der Waals surface area contributed by atoms with Gasteiger partial charge in [0.05, 0.1) is 22.0 Å². The minimum Gasteiger partial charge on any atom is -0.382 e. The fourth-order valence-corrected chi connectivity index (χ4v) is 5.58. The highest BCUT2D eigenvalue weighted by molar-refractivity contribution is 7.90. The predicted molar refractivity (Wildman–Crippen MR) is 127 cm³/mol. The number of hydrogen-bond acceptors (Lipinski definition) is 10. The van der Waals surface area contributed by atoms with Crippen LogP contribution in [0.2, 0.25) is 0 Å². The molecule has 17 heteroatoms. The maximum absolute atomic E-state index is 13.0. The maximum Gasteiger partial charge on any atom is 0.240 e. The Morgan fingerprint density at radius 2 is 1.91 bits per heavy atom. The molecule has 0 aliphatic carbocycles. The molecule has 0 radical (unpaired) electrons. The first-order chi connectivity index (χ1) is 16.0. The summed E-state index contributed by atoms with van der Waals surface area (Å²) in [5.41, 5.74) is 25.9. The lowest BCUT2D eigenvalue weighted by Crippen LogP contribution is -2.44. The number of hydrazine groups is 1. The Kier molecular flexibility index (Phi) is 7.15. The molecule has 15 nitrogen and oxygen atoms in total. The fourth-order valence-electron chi connectivity index (χ4n) is 3.21. The van der Waals surface area contributed by atoms with Crippen LogP contribution in [0.15, 0.2) is 45.2 Å². The van der Waals surface area contributed by atoms with Crippen molar-refractivity contribution < 1.29 is 17.4 Å². The van der Waals surface area contributed by atoms with Crippen molar-refractivity contribution in [3.8, 4) is 11.1 Å². The lowest BCUT2D eigenvalue weighted by molar-refractivity contribution is -0.119. The summed E-state index contributed by atoms with van der Waals surface area (Å²) in [5, 5.41) is 9.19. The molecule has 2 aromatic carbocycles. The highest BCUT2D eigenvalue weighted by Crippen LogP contribution is 2.35.